The molecular weight excluding hydrogens is 364 g/mol. The Kier molecular flexibility index (Phi) is 7.22. The lowest BCUT2D eigenvalue weighted by Crippen LogP contribution is -2.44. The SMILES string of the molecule is CCC(C(=O)N(CC(=O)Nc1cc(C(C)(C)C)nn1C)C(C)C)c1ccccc1. The number of aromatic nitrogens is 2. The molecule has 0 fully saturated rings. The minimum Gasteiger partial charge on any atom is -0.330 e. The van der Waals surface area contributed by atoms with Gasteiger partial charge in [-0.2, -0.15) is 5.10 Å². The van der Waals surface area contributed by atoms with Crippen molar-refractivity contribution in [2.75, 3.05) is 11.9 Å². The van der Waals surface area contributed by atoms with Crippen LogP contribution in [-0.2, 0) is 22.1 Å². The second-order valence-corrected chi connectivity index (χ2v) is 8.77. The van der Waals surface area contributed by atoms with Crippen LogP contribution in [0.25, 0.3) is 0 Å². The van der Waals surface area contributed by atoms with Gasteiger partial charge in [0.1, 0.15) is 12.4 Å². The van der Waals surface area contributed by atoms with Crippen LogP contribution in [-0.4, -0.2) is 39.1 Å². The van der Waals surface area contributed by atoms with E-state index >= 15 is 0 Å². The van der Waals surface area contributed by atoms with E-state index in [0.717, 1.165) is 11.3 Å². The number of carbonyl (C=O) groups is 2. The van der Waals surface area contributed by atoms with Gasteiger partial charge in [-0.3, -0.25) is 14.3 Å². The van der Waals surface area contributed by atoms with E-state index in [9.17, 15) is 9.59 Å². The van der Waals surface area contributed by atoms with E-state index in [4.69, 9.17) is 0 Å². The number of benzene rings is 1. The maximum absolute atomic E-state index is 13.2. The molecule has 1 unspecified atom stereocenters. The Morgan fingerprint density at radius 3 is 2.28 bits per heavy atom. The molecular formula is C23H34N4O2. The van der Waals surface area contributed by atoms with Gasteiger partial charge in [0.25, 0.3) is 0 Å². The number of nitrogens with one attached hydrogen (secondary N) is 1. The summed E-state index contributed by atoms with van der Waals surface area (Å²) in [5.41, 5.74) is 1.78. The zero-order valence-corrected chi connectivity index (χ0v) is 18.7. The lowest BCUT2D eigenvalue weighted by Gasteiger charge is -2.30. The van der Waals surface area contributed by atoms with Crippen LogP contribution in [0.15, 0.2) is 36.4 Å². The predicted octanol–water partition coefficient (Wildman–Crippen LogP) is 4.09. The Labute approximate surface area is 174 Å². The highest BCUT2D eigenvalue weighted by Crippen LogP contribution is 2.25. The highest BCUT2D eigenvalue weighted by atomic mass is 16.2. The third kappa shape index (κ3) is 5.68. The zero-order chi connectivity index (χ0) is 21.8. The molecule has 1 aromatic heterocycles. The van der Waals surface area contributed by atoms with Crippen LogP contribution in [0.1, 0.15) is 65.1 Å². The molecule has 6 heteroatoms. The predicted molar refractivity (Wildman–Crippen MR) is 117 cm³/mol. The summed E-state index contributed by atoms with van der Waals surface area (Å²) < 4.78 is 1.67. The average molecular weight is 399 g/mol. The first kappa shape index (κ1) is 22.7. The Balaban J connectivity index is 2.15. The number of nitrogens with zero attached hydrogens (tertiary/aromatic N) is 3. The molecule has 1 atom stereocenters. The van der Waals surface area contributed by atoms with Gasteiger partial charge in [-0.05, 0) is 25.8 Å². The summed E-state index contributed by atoms with van der Waals surface area (Å²) in [5, 5.41) is 7.39. The number of rotatable bonds is 7. The Morgan fingerprint density at radius 1 is 1.17 bits per heavy atom. The maximum atomic E-state index is 13.2. The molecule has 2 rings (SSSR count). The normalized spacial score (nSPS) is 12.7. The summed E-state index contributed by atoms with van der Waals surface area (Å²) >= 11 is 0. The van der Waals surface area contributed by atoms with Gasteiger partial charge in [0.15, 0.2) is 0 Å². The zero-order valence-electron chi connectivity index (χ0n) is 18.7. The fourth-order valence-corrected chi connectivity index (χ4v) is 3.24. The van der Waals surface area contributed by atoms with Crippen LogP contribution in [0.5, 0.6) is 0 Å². The average Bonchev–Trinajstić information content (AvgIpc) is 3.01. The monoisotopic (exact) mass is 398 g/mol. The number of anilines is 1. The van der Waals surface area contributed by atoms with E-state index < -0.39 is 0 Å². The van der Waals surface area contributed by atoms with Gasteiger partial charge in [0.2, 0.25) is 11.8 Å². The molecule has 0 spiro atoms. The molecule has 0 radical (unpaired) electrons. The van der Waals surface area contributed by atoms with Crippen molar-refractivity contribution < 1.29 is 9.59 Å². The quantitative estimate of drug-likeness (QED) is 0.764. The van der Waals surface area contributed by atoms with Crippen LogP contribution >= 0.6 is 0 Å². The summed E-state index contributed by atoms with van der Waals surface area (Å²) in [4.78, 5) is 27.6. The van der Waals surface area contributed by atoms with Crippen molar-refractivity contribution in [1.82, 2.24) is 14.7 Å². The van der Waals surface area contributed by atoms with E-state index in [1.54, 1.807) is 16.6 Å². The highest BCUT2D eigenvalue weighted by molar-refractivity contribution is 5.95. The molecule has 0 aliphatic carbocycles. The fourth-order valence-electron chi connectivity index (χ4n) is 3.24. The van der Waals surface area contributed by atoms with E-state index in [-0.39, 0.29) is 35.7 Å². The number of carbonyl (C=O) groups excluding carboxylic acids is 2. The molecule has 6 nitrogen and oxygen atoms in total. The van der Waals surface area contributed by atoms with Crippen molar-refractivity contribution in [3.8, 4) is 0 Å². The molecule has 0 aliphatic rings. The van der Waals surface area contributed by atoms with Crippen molar-refractivity contribution >= 4 is 17.6 Å². The minimum atomic E-state index is -0.254. The first-order valence-corrected chi connectivity index (χ1v) is 10.2. The van der Waals surface area contributed by atoms with Crippen molar-refractivity contribution in [3.05, 3.63) is 47.7 Å². The van der Waals surface area contributed by atoms with Crippen molar-refractivity contribution in [1.29, 1.82) is 0 Å². The molecule has 0 bridgehead atoms. The first-order chi connectivity index (χ1) is 13.5. The van der Waals surface area contributed by atoms with Crippen LogP contribution in [0.2, 0.25) is 0 Å². The molecule has 1 N–H and O–H groups in total. The molecule has 2 aromatic rings. The second kappa shape index (κ2) is 9.25. The molecule has 0 aliphatic heterocycles. The Morgan fingerprint density at radius 2 is 1.79 bits per heavy atom. The van der Waals surface area contributed by atoms with Gasteiger partial charge >= 0.3 is 0 Å². The van der Waals surface area contributed by atoms with Crippen LogP contribution in [0.4, 0.5) is 5.82 Å². The number of hydrogen-bond donors (Lipinski definition) is 1. The van der Waals surface area contributed by atoms with Crippen molar-refractivity contribution in [2.24, 2.45) is 7.05 Å². The molecule has 29 heavy (non-hydrogen) atoms. The largest absolute Gasteiger partial charge is 0.330 e. The lowest BCUT2D eigenvalue weighted by atomic mass is 9.92. The topological polar surface area (TPSA) is 67.2 Å². The lowest BCUT2D eigenvalue weighted by molar-refractivity contribution is -0.137. The summed E-state index contributed by atoms with van der Waals surface area (Å²) in [6.07, 6.45) is 0.685. The molecule has 0 saturated heterocycles. The summed E-state index contributed by atoms with van der Waals surface area (Å²) in [6.45, 7) is 12.1. The molecule has 2 amide bonds. The standard InChI is InChI=1S/C23H34N4O2/c1-8-18(17-12-10-9-11-13-17)22(29)27(16(2)3)15-21(28)24-20-14-19(23(4,5)6)25-26(20)7/h9-14,16,18H,8,15H2,1-7H3,(H,24,28). The number of hydrogen-bond acceptors (Lipinski definition) is 3. The van der Waals surface area contributed by atoms with Crippen LogP contribution < -0.4 is 5.32 Å². The van der Waals surface area contributed by atoms with E-state index in [2.05, 4.69) is 31.2 Å². The van der Waals surface area contributed by atoms with Crippen LogP contribution in [0, 0.1) is 0 Å². The van der Waals surface area contributed by atoms with Crippen molar-refractivity contribution in [3.63, 3.8) is 0 Å². The van der Waals surface area contributed by atoms with E-state index in [1.807, 2.05) is 57.2 Å². The summed E-state index contributed by atoms with van der Waals surface area (Å²) in [7, 11) is 1.80. The number of amides is 2. The summed E-state index contributed by atoms with van der Waals surface area (Å²) in [5.74, 6) is 0.129. The maximum Gasteiger partial charge on any atom is 0.245 e. The number of aryl methyl sites for hydroxylation is 1. The minimum absolute atomic E-state index is 0.00979. The third-order valence-corrected chi connectivity index (χ3v) is 5.04. The van der Waals surface area contributed by atoms with Crippen LogP contribution in [0.3, 0.4) is 0 Å². The van der Waals surface area contributed by atoms with Gasteiger partial charge in [0, 0.05) is 24.6 Å². The van der Waals surface area contributed by atoms with Gasteiger partial charge in [-0.25, -0.2) is 0 Å². The van der Waals surface area contributed by atoms with Gasteiger partial charge < -0.3 is 10.2 Å². The Bertz CT molecular complexity index is 834. The van der Waals surface area contributed by atoms with Gasteiger partial charge in [-0.15, -0.1) is 0 Å². The summed E-state index contributed by atoms with van der Waals surface area (Å²) in [6, 6.07) is 11.6. The fraction of sp³-hybridized carbons (Fsp3) is 0.522. The molecule has 1 aromatic carbocycles. The first-order valence-electron chi connectivity index (χ1n) is 10.2. The van der Waals surface area contributed by atoms with Crippen molar-refractivity contribution in [2.45, 2.75) is 65.3 Å². The molecule has 1 heterocycles. The third-order valence-electron chi connectivity index (χ3n) is 5.04. The molecule has 0 saturated carbocycles. The van der Waals surface area contributed by atoms with Gasteiger partial charge in [-0.1, -0.05) is 58.0 Å². The van der Waals surface area contributed by atoms with Gasteiger partial charge in [0.05, 0.1) is 11.6 Å². The van der Waals surface area contributed by atoms with E-state index in [0.29, 0.717) is 12.2 Å². The Hall–Kier alpha value is -2.63. The molecule has 158 valence electrons. The second-order valence-electron chi connectivity index (χ2n) is 8.77. The van der Waals surface area contributed by atoms with E-state index in [1.165, 1.54) is 0 Å². The smallest absolute Gasteiger partial charge is 0.245 e. The highest BCUT2D eigenvalue weighted by Gasteiger charge is 2.28.